The van der Waals surface area contributed by atoms with Gasteiger partial charge in [-0.2, -0.15) is 0 Å². The zero-order valence-electron chi connectivity index (χ0n) is 10.3. The highest BCUT2D eigenvalue weighted by atomic mass is 14.7. The Morgan fingerprint density at radius 1 is 1.41 bits per heavy atom. The second kappa shape index (κ2) is 4.30. The van der Waals surface area contributed by atoms with Gasteiger partial charge in [0, 0.05) is 6.04 Å². The van der Waals surface area contributed by atoms with Crippen LogP contribution in [-0.4, -0.2) is 6.04 Å². The first kappa shape index (κ1) is 11.0. The molecule has 0 aromatic heterocycles. The fourth-order valence-electron chi connectivity index (χ4n) is 3.71. The number of aryl methyl sites for hydroxylation is 1. The number of nitrogens with two attached hydrogens (primary N) is 1. The van der Waals surface area contributed by atoms with Crippen molar-refractivity contribution in [3.8, 4) is 0 Å². The number of allylic oxidation sites excluding steroid dienone is 1. The lowest BCUT2D eigenvalue weighted by molar-refractivity contribution is 0.508. The van der Waals surface area contributed by atoms with E-state index in [1.165, 1.54) is 12.8 Å². The van der Waals surface area contributed by atoms with Gasteiger partial charge in [0.15, 0.2) is 0 Å². The monoisotopic (exact) mass is 227 g/mol. The fourth-order valence-corrected chi connectivity index (χ4v) is 3.71. The molecule has 17 heavy (non-hydrogen) atoms. The van der Waals surface area contributed by atoms with E-state index < -0.39 is 0 Å². The Morgan fingerprint density at radius 2 is 2.24 bits per heavy atom. The van der Waals surface area contributed by atoms with E-state index in [4.69, 9.17) is 5.73 Å². The summed E-state index contributed by atoms with van der Waals surface area (Å²) in [5.41, 5.74) is 9.48. The highest BCUT2D eigenvalue weighted by molar-refractivity contribution is 5.39. The van der Waals surface area contributed by atoms with Crippen molar-refractivity contribution in [3.05, 3.63) is 48.0 Å². The Bertz CT molecular complexity index is 423. The number of rotatable bonds is 4. The van der Waals surface area contributed by atoms with E-state index in [9.17, 15) is 0 Å². The maximum absolute atomic E-state index is 6.33. The van der Waals surface area contributed by atoms with Gasteiger partial charge in [-0.15, -0.1) is 6.58 Å². The standard InChI is InChI=1S/C16H21N/c1-2-3-8-14(17)16-13-10-9-11-6-4-5-7-12(11)15(13)16/h2,4-7,13-16H,1,3,8-10,17H2. The van der Waals surface area contributed by atoms with Crippen LogP contribution in [0, 0.1) is 11.8 Å². The molecule has 0 bridgehead atoms. The number of fused-ring (bicyclic) bond motifs is 3. The molecule has 4 unspecified atom stereocenters. The van der Waals surface area contributed by atoms with E-state index in [0.717, 1.165) is 30.6 Å². The van der Waals surface area contributed by atoms with Gasteiger partial charge >= 0.3 is 0 Å². The molecule has 0 amide bonds. The molecule has 3 rings (SSSR count). The SMILES string of the molecule is C=CCCC(N)C1C2CCc3ccccc3C21. The predicted molar refractivity (Wildman–Crippen MR) is 71.9 cm³/mol. The molecule has 2 aliphatic rings. The molecule has 2 aliphatic carbocycles. The van der Waals surface area contributed by atoms with Crippen molar-refractivity contribution >= 4 is 0 Å². The molecule has 1 heteroatoms. The molecule has 0 saturated heterocycles. The van der Waals surface area contributed by atoms with E-state index in [1.54, 1.807) is 11.1 Å². The average molecular weight is 227 g/mol. The van der Waals surface area contributed by atoms with Gasteiger partial charge in [-0.1, -0.05) is 30.3 Å². The molecule has 0 heterocycles. The molecular weight excluding hydrogens is 206 g/mol. The van der Waals surface area contributed by atoms with Crippen molar-refractivity contribution in [1.82, 2.24) is 0 Å². The quantitative estimate of drug-likeness (QED) is 0.785. The Labute approximate surface area is 104 Å². The molecule has 4 atom stereocenters. The lowest BCUT2D eigenvalue weighted by atomic mass is 9.92. The largest absolute Gasteiger partial charge is 0.327 e. The van der Waals surface area contributed by atoms with Gasteiger partial charge in [-0.3, -0.25) is 0 Å². The zero-order valence-corrected chi connectivity index (χ0v) is 10.3. The Kier molecular flexibility index (Phi) is 2.79. The van der Waals surface area contributed by atoms with Crippen LogP contribution in [0.15, 0.2) is 36.9 Å². The third kappa shape index (κ3) is 1.83. The summed E-state index contributed by atoms with van der Waals surface area (Å²) < 4.78 is 0. The first-order chi connectivity index (χ1) is 8.33. The highest BCUT2D eigenvalue weighted by Gasteiger charge is 2.54. The van der Waals surface area contributed by atoms with Crippen molar-refractivity contribution in [3.63, 3.8) is 0 Å². The smallest absolute Gasteiger partial charge is 0.00789 e. The third-order valence-corrected chi connectivity index (χ3v) is 4.59. The summed E-state index contributed by atoms with van der Waals surface area (Å²) in [6.07, 6.45) is 6.73. The summed E-state index contributed by atoms with van der Waals surface area (Å²) in [5.74, 6) is 2.36. The summed E-state index contributed by atoms with van der Waals surface area (Å²) in [4.78, 5) is 0. The first-order valence-electron chi connectivity index (χ1n) is 6.77. The molecule has 0 spiro atoms. The van der Waals surface area contributed by atoms with Gasteiger partial charge in [0.25, 0.3) is 0 Å². The van der Waals surface area contributed by atoms with Crippen LogP contribution in [0.5, 0.6) is 0 Å². The van der Waals surface area contributed by atoms with Gasteiger partial charge in [0.05, 0.1) is 0 Å². The van der Waals surface area contributed by atoms with Gasteiger partial charge in [0.1, 0.15) is 0 Å². The van der Waals surface area contributed by atoms with Crippen LogP contribution < -0.4 is 5.73 Å². The fraction of sp³-hybridized carbons (Fsp3) is 0.500. The third-order valence-electron chi connectivity index (χ3n) is 4.59. The summed E-state index contributed by atoms with van der Waals surface area (Å²) >= 11 is 0. The van der Waals surface area contributed by atoms with Crippen molar-refractivity contribution in [2.75, 3.05) is 0 Å². The number of hydrogen-bond donors (Lipinski definition) is 1. The normalized spacial score (nSPS) is 31.2. The van der Waals surface area contributed by atoms with Crippen LogP contribution in [0.4, 0.5) is 0 Å². The Morgan fingerprint density at radius 3 is 3.06 bits per heavy atom. The maximum Gasteiger partial charge on any atom is 0.00789 e. The van der Waals surface area contributed by atoms with Crippen molar-refractivity contribution in [2.24, 2.45) is 17.6 Å². The van der Waals surface area contributed by atoms with Crippen molar-refractivity contribution < 1.29 is 0 Å². The van der Waals surface area contributed by atoms with Crippen molar-refractivity contribution in [1.29, 1.82) is 0 Å². The van der Waals surface area contributed by atoms with Crippen LogP contribution in [0.1, 0.15) is 36.3 Å². The predicted octanol–water partition coefficient (Wildman–Crippen LogP) is 3.26. The topological polar surface area (TPSA) is 26.0 Å². The average Bonchev–Trinajstić information content (AvgIpc) is 3.11. The van der Waals surface area contributed by atoms with Crippen LogP contribution in [0.25, 0.3) is 0 Å². The van der Waals surface area contributed by atoms with Gasteiger partial charge < -0.3 is 5.73 Å². The second-order valence-electron chi connectivity index (χ2n) is 5.53. The lowest BCUT2D eigenvalue weighted by Crippen LogP contribution is -2.23. The van der Waals surface area contributed by atoms with Crippen LogP contribution >= 0.6 is 0 Å². The summed E-state index contributed by atoms with van der Waals surface area (Å²) in [7, 11) is 0. The minimum absolute atomic E-state index is 0.370. The number of benzene rings is 1. The molecule has 2 N–H and O–H groups in total. The first-order valence-corrected chi connectivity index (χ1v) is 6.77. The molecule has 1 saturated carbocycles. The molecule has 90 valence electrons. The van der Waals surface area contributed by atoms with E-state index in [1.807, 2.05) is 6.08 Å². The van der Waals surface area contributed by atoms with Crippen LogP contribution in [0.3, 0.4) is 0 Å². The van der Waals surface area contributed by atoms with Gasteiger partial charge in [-0.05, 0) is 54.6 Å². The summed E-state index contributed by atoms with van der Waals surface area (Å²) in [6, 6.07) is 9.30. The lowest BCUT2D eigenvalue weighted by Gasteiger charge is -2.13. The highest BCUT2D eigenvalue weighted by Crippen LogP contribution is 2.61. The Hall–Kier alpha value is -1.08. The maximum atomic E-state index is 6.33. The van der Waals surface area contributed by atoms with E-state index in [2.05, 4.69) is 30.8 Å². The van der Waals surface area contributed by atoms with Crippen LogP contribution in [0.2, 0.25) is 0 Å². The van der Waals surface area contributed by atoms with Gasteiger partial charge in [0.2, 0.25) is 0 Å². The molecule has 1 aromatic carbocycles. The Balaban J connectivity index is 1.75. The second-order valence-corrected chi connectivity index (χ2v) is 5.53. The van der Waals surface area contributed by atoms with Gasteiger partial charge in [-0.25, -0.2) is 0 Å². The summed E-state index contributed by atoms with van der Waals surface area (Å²) in [5, 5.41) is 0. The van der Waals surface area contributed by atoms with E-state index in [-0.39, 0.29) is 0 Å². The van der Waals surface area contributed by atoms with Crippen molar-refractivity contribution in [2.45, 2.75) is 37.6 Å². The summed E-state index contributed by atoms with van der Waals surface area (Å²) in [6.45, 7) is 3.78. The molecule has 0 radical (unpaired) electrons. The minimum Gasteiger partial charge on any atom is -0.327 e. The zero-order chi connectivity index (χ0) is 11.8. The molecule has 0 aliphatic heterocycles. The minimum atomic E-state index is 0.370. The van der Waals surface area contributed by atoms with Crippen LogP contribution in [-0.2, 0) is 6.42 Å². The molecule has 1 fully saturated rings. The molecule has 1 nitrogen and oxygen atoms in total. The number of hydrogen-bond acceptors (Lipinski definition) is 1. The van der Waals surface area contributed by atoms with E-state index >= 15 is 0 Å². The van der Waals surface area contributed by atoms with E-state index in [0.29, 0.717) is 6.04 Å². The molecular formula is C16H21N. The molecule has 1 aromatic rings.